The van der Waals surface area contributed by atoms with Crippen LogP contribution in [0, 0.1) is 0 Å². The van der Waals surface area contributed by atoms with Crippen molar-refractivity contribution in [2.45, 2.75) is 74.9 Å². The molecular weight excluding hydrogens is 556 g/mol. The van der Waals surface area contributed by atoms with E-state index in [1.807, 2.05) is 24.5 Å². The standard InChI is InChI=1S/C32H36N2O9/c1-30(2,3)43-29(37)33-28(36)42-24(18-9-7-6-8-10-18)27(35)40-21-13-14-32(38)22-17-19-11-12-20(39-5)25-23(19)31(32,26(21)41-25)15-16-34(22)4/h6-13,22,24,26,38H,14-17H2,1-5H3,(H,33,36,37)/t22-,24-,26+,31+,32-/m1/s1. The van der Waals surface area contributed by atoms with Crippen LogP contribution in [0.4, 0.5) is 9.59 Å². The number of imide groups is 1. The van der Waals surface area contributed by atoms with Crippen molar-refractivity contribution < 1.29 is 43.2 Å². The lowest BCUT2D eigenvalue weighted by molar-refractivity contribution is -0.172. The third-order valence-electron chi connectivity index (χ3n) is 8.92. The average molecular weight is 593 g/mol. The molecule has 2 aromatic carbocycles. The average Bonchev–Trinajstić information content (AvgIpc) is 3.30. The minimum atomic E-state index is -1.51. The van der Waals surface area contributed by atoms with E-state index in [1.54, 1.807) is 64.3 Å². The normalized spacial score (nSPS) is 27.5. The van der Waals surface area contributed by atoms with Crippen molar-refractivity contribution in [1.29, 1.82) is 0 Å². The number of carbonyl (C=O) groups is 3. The Morgan fingerprint density at radius 2 is 1.86 bits per heavy atom. The van der Waals surface area contributed by atoms with Gasteiger partial charge in [0.2, 0.25) is 6.10 Å². The number of carbonyl (C=O) groups excluding carboxylic acids is 3. The van der Waals surface area contributed by atoms with Crippen LogP contribution in [0.5, 0.6) is 11.5 Å². The number of piperidine rings is 1. The third kappa shape index (κ3) is 4.62. The maximum Gasteiger partial charge on any atom is 0.417 e. The molecule has 2 N–H and O–H groups in total. The van der Waals surface area contributed by atoms with E-state index in [-0.39, 0.29) is 18.2 Å². The summed E-state index contributed by atoms with van der Waals surface area (Å²) < 4.78 is 28.7. The van der Waals surface area contributed by atoms with Gasteiger partial charge in [-0.3, -0.25) is 0 Å². The van der Waals surface area contributed by atoms with Crippen LogP contribution < -0.4 is 14.8 Å². The zero-order valence-corrected chi connectivity index (χ0v) is 24.8. The molecule has 2 amide bonds. The molecule has 0 unspecified atom stereocenters. The summed E-state index contributed by atoms with van der Waals surface area (Å²) >= 11 is 0. The Labute approximate surface area is 249 Å². The van der Waals surface area contributed by atoms with Gasteiger partial charge in [0.1, 0.15) is 11.4 Å². The van der Waals surface area contributed by atoms with Gasteiger partial charge in [0.05, 0.1) is 18.1 Å². The van der Waals surface area contributed by atoms with Crippen molar-refractivity contribution in [3.63, 3.8) is 0 Å². The van der Waals surface area contributed by atoms with Gasteiger partial charge in [-0.2, -0.15) is 0 Å². The van der Waals surface area contributed by atoms with Crippen LogP contribution in [-0.2, 0) is 30.8 Å². The van der Waals surface area contributed by atoms with Gasteiger partial charge < -0.3 is 33.7 Å². The number of nitrogens with one attached hydrogen (secondary N) is 1. The lowest BCUT2D eigenvalue weighted by Gasteiger charge is -2.61. The van der Waals surface area contributed by atoms with Gasteiger partial charge in [-0.1, -0.05) is 36.4 Å². The van der Waals surface area contributed by atoms with E-state index in [2.05, 4.69) is 4.90 Å². The Morgan fingerprint density at radius 3 is 2.56 bits per heavy atom. The Balaban J connectivity index is 1.32. The van der Waals surface area contributed by atoms with E-state index in [1.165, 1.54) is 0 Å². The predicted octanol–water partition coefficient (Wildman–Crippen LogP) is 3.92. The third-order valence-corrected chi connectivity index (χ3v) is 8.92. The SMILES string of the molecule is COc1ccc2c3c1O[C@H]1C(OC(=O)[C@H](OC(=O)NC(=O)OC(C)(C)C)c4ccccc4)=CC[C@@]4(O)[C@@H](C2)N(C)CC[C@]314. The number of nitrogens with zero attached hydrogens (tertiary/aromatic N) is 1. The molecule has 1 saturated heterocycles. The van der Waals surface area contributed by atoms with Crippen molar-refractivity contribution in [3.8, 4) is 11.5 Å². The summed E-state index contributed by atoms with van der Waals surface area (Å²) in [7, 11) is 3.58. The largest absolute Gasteiger partial charge is 0.493 e. The Bertz CT molecular complexity index is 1500. The number of rotatable bonds is 5. The second-order valence-electron chi connectivity index (χ2n) is 12.5. The van der Waals surface area contributed by atoms with E-state index in [9.17, 15) is 19.5 Å². The molecular formula is C32H36N2O9. The second kappa shape index (κ2) is 10.3. The summed E-state index contributed by atoms with van der Waals surface area (Å²) in [5.41, 5.74) is -0.578. The fourth-order valence-corrected chi connectivity index (χ4v) is 7.16. The van der Waals surface area contributed by atoms with Crippen LogP contribution >= 0.6 is 0 Å². The molecule has 228 valence electrons. The zero-order chi connectivity index (χ0) is 30.7. The number of methoxy groups -OCH3 is 1. The van der Waals surface area contributed by atoms with E-state index in [0.717, 1.165) is 11.1 Å². The smallest absolute Gasteiger partial charge is 0.417 e. The Hall–Kier alpha value is -4.09. The fourth-order valence-electron chi connectivity index (χ4n) is 7.16. The number of amides is 2. The molecule has 2 aromatic rings. The van der Waals surface area contributed by atoms with E-state index >= 15 is 0 Å². The maximum absolute atomic E-state index is 13.8. The number of alkyl carbamates (subject to hydrolysis) is 2. The monoisotopic (exact) mass is 592 g/mol. The lowest BCUT2D eigenvalue weighted by Crippen LogP contribution is -2.74. The second-order valence-corrected chi connectivity index (χ2v) is 12.5. The molecule has 2 aliphatic carbocycles. The van der Waals surface area contributed by atoms with Crippen LogP contribution in [0.15, 0.2) is 54.3 Å². The first-order valence-electron chi connectivity index (χ1n) is 14.3. The van der Waals surface area contributed by atoms with Crippen LogP contribution in [0.3, 0.4) is 0 Å². The predicted molar refractivity (Wildman–Crippen MR) is 153 cm³/mol. The summed E-state index contributed by atoms with van der Waals surface area (Å²) in [5.74, 6) is 0.423. The highest BCUT2D eigenvalue weighted by Crippen LogP contribution is 2.65. The summed E-state index contributed by atoms with van der Waals surface area (Å²) in [6.45, 7) is 5.68. The molecule has 6 rings (SSSR count). The van der Waals surface area contributed by atoms with E-state index < -0.39 is 47.0 Å². The van der Waals surface area contributed by atoms with Crippen molar-refractivity contribution in [2.24, 2.45) is 0 Å². The summed E-state index contributed by atoms with van der Waals surface area (Å²) in [6, 6.07) is 12.1. The molecule has 0 aromatic heterocycles. The first-order chi connectivity index (χ1) is 20.4. The Kier molecular flexibility index (Phi) is 6.93. The number of esters is 1. The number of hydrogen-bond donors (Lipinski definition) is 2. The summed E-state index contributed by atoms with van der Waals surface area (Å²) in [5, 5.41) is 14.4. The molecule has 2 bridgehead atoms. The van der Waals surface area contributed by atoms with Gasteiger partial charge in [-0.15, -0.1) is 0 Å². The minimum absolute atomic E-state index is 0.162. The van der Waals surface area contributed by atoms with Crippen molar-refractivity contribution in [1.82, 2.24) is 10.2 Å². The molecule has 1 spiro atoms. The molecule has 2 aliphatic heterocycles. The highest BCUT2D eigenvalue weighted by Gasteiger charge is 2.72. The molecule has 2 heterocycles. The zero-order valence-electron chi connectivity index (χ0n) is 24.8. The van der Waals surface area contributed by atoms with Crippen molar-refractivity contribution in [2.75, 3.05) is 20.7 Å². The van der Waals surface area contributed by atoms with Crippen molar-refractivity contribution in [3.05, 3.63) is 71.0 Å². The summed E-state index contributed by atoms with van der Waals surface area (Å²) in [6.07, 6.45) is -1.36. The molecule has 5 atom stereocenters. The quantitative estimate of drug-likeness (QED) is 0.389. The molecule has 43 heavy (non-hydrogen) atoms. The highest BCUT2D eigenvalue weighted by atomic mass is 16.6. The van der Waals surface area contributed by atoms with Crippen LogP contribution in [0.1, 0.15) is 56.4 Å². The lowest BCUT2D eigenvalue weighted by atomic mass is 9.50. The number of hydrogen-bond acceptors (Lipinski definition) is 10. The number of likely N-dealkylation sites (tertiary alicyclic amines) is 1. The molecule has 1 fully saturated rings. The number of ether oxygens (including phenoxy) is 5. The number of aliphatic hydroxyl groups is 1. The highest BCUT2D eigenvalue weighted by molar-refractivity contribution is 5.89. The van der Waals surface area contributed by atoms with Gasteiger partial charge >= 0.3 is 18.2 Å². The topological polar surface area (TPSA) is 133 Å². The molecule has 0 radical (unpaired) electrons. The maximum atomic E-state index is 13.8. The first kappa shape index (κ1) is 29.0. The van der Waals surface area contributed by atoms with Gasteiger partial charge in [-0.25, -0.2) is 19.7 Å². The first-order valence-corrected chi connectivity index (χ1v) is 14.3. The Morgan fingerprint density at radius 1 is 1.12 bits per heavy atom. The molecule has 11 nitrogen and oxygen atoms in total. The molecule has 4 aliphatic rings. The van der Waals surface area contributed by atoms with E-state index in [4.69, 9.17) is 23.7 Å². The van der Waals surface area contributed by atoms with Gasteiger partial charge in [0, 0.05) is 23.6 Å². The van der Waals surface area contributed by atoms with Gasteiger partial charge in [-0.05, 0) is 64.9 Å². The van der Waals surface area contributed by atoms with Crippen LogP contribution in [-0.4, -0.2) is 72.2 Å². The van der Waals surface area contributed by atoms with Crippen molar-refractivity contribution >= 4 is 18.2 Å². The van der Waals surface area contributed by atoms with Crippen LogP contribution in [0.2, 0.25) is 0 Å². The fraction of sp³-hybridized carbons (Fsp3) is 0.469. The van der Waals surface area contributed by atoms with Crippen LogP contribution in [0.25, 0.3) is 0 Å². The number of benzene rings is 2. The van der Waals surface area contributed by atoms with E-state index in [0.29, 0.717) is 36.4 Å². The number of likely N-dealkylation sites (N-methyl/N-ethyl adjacent to an activating group) is 1. The molecule has 0 saturated carbocycles. The van der Waals surface area contributed by atoms with Gasteiger partial charge in [0.25, 0.3) is 0 Å². The molecule has 11 heteroatoms. The summed E-state index contributed by atoms with van der Waals surface area (Å²) in [4.78, 5) is 40.8. The van der Waals surface area contributed by atoms with Gasteiger partial charge in [0.15, 0.2) is 17.6 Å². The minimum Gasteiger partial charge on any atom is -0.493 e.